The van der Waals surface area contributed by atoms with E-state index in [2.05, 4.69) is 4.90 Å². The van der Waals surface area contributed by atoms with Gasteiger partial charge in [-0.3, -0.25) is 0 Å². The van der Waals surface area contributed by atoms with E-state index in [9.17, 15) is 4.79 Å². The molecule has 0 bridgehead atoms. The molecule has 1 N–H and O–H groups in total. The van der Waals surface area contributed by atoms with E-state index in [4.69, 9.17) is 9.84 Å². The maximum absolute atomic E-state index is 10.7. The van der Waals surface area contributed by atoms with Crippen molar-refractivity contribution in [3.05, 3.63) is 29.8 Å². The number of carbonyl (C=O) groups is 1. The van der Waals surface area contributed by atoms with Gasteiger partial charge < -0.3 is 14.7 Å². The number of carboxylic acid groups (broad SMARTS) is 1. The fourth-order valence-electron chi connectivity index (χ4n) is 2.53. The van der Waals surface area contributed by atoms with Crippen LogP contribution in [-0.2, 0) is 0 Å². The highest BCUT2D eigenvalue weighted by molar-refractivity contribution is 5.87. The number of benzene rings is 1. The third kappa shape index (κ3) is 4.85. The zero-order chi connectivity index (χ0) is 14.2. The number of ether oxygens (including phenoxy) is 1. The highest BCUT2D eigenvalue weighted by Gasteiger charge is 2.08. The van der Waals surface area contributed by atoms with Gasteiger partial charge in [0.1, 0.15) is 5.75 Å². The van der Waals surface area contributed by atoms with E-state index in [-0.39, 0.29) is 0 Å². The molecule has 1 aliphatic heterocycles. The van der Waals surface area contributed by atoms with Crippen molar-refractivity contribution in [2.45, 2.75) is 32.1 Å². The molecule has 0 atom stereocenters. The molecule has 1 heterocycles. The molecular weight excluding hydrogens is 254 g/mol. The first kappa shape index (κ1) is 14.9. The summed E-state index contributed by atoms with van der Waals surface area (Å²) in [5.41, 5.74) is 0.293. The molecular formula is C16H23NO3. The molecule has 1 saturated heterocycles. The molecule has 20 heavy (non-hydrogen) atoms. The van der Waals surface area contributed by atoms with Crippen LogP contribution in [0.15, 0.2) is 24.3 Å². The molecule has 4 nitrogen and oxygen atoms in total. The number of likely N-dealkylation sites (tertiary alicyclic amines) is 1. The Labute approximate surface area is 120 Å². The van der Waals surface area contributed by atoms with Crippen LogP contribution in [-0.4, -0.2) is 42.2 Å². The topological polar surface area (TPSA) is 49.8 Å². The molecule has 1 aliphatic rings. The minimum absolute atomic E-state index is 0.293. The van der Waals surface area contributed by atoms with Gasteiger partial charge in [-0.1, -0.05) is 12.8 Å². The molecule has 0 saturated carbocycles. The Hall–Kier alpha value is -1.55. The fraction of sp³-hybridized carbons (Fsp3) is 0.562. The second kappa shape index (κ2) is 7.90. The molecule has 1 aromatic rings. The van der Waals surface area contributed by atoms with Gasteiger partial charge in [-0.15, -0.1) is 0 Å². The number of hydrogen-bond donors (Lipinski definition) is 1. The van der Waals surface area contributed by atoms with E-state index >= 15 is 0 Å². The van der Waals surface area contributed by atoms with Gasteiger partial charge in [0.15, 0.2) is 0 Å². The monoisotopic (exact) mass is 277 g/mol. The van der Waals surface area contributed by atoms with Gasteiger partial charge in [0.25, 0.3) is 0 Å². The zero-order valence-corrected chi connectivity index (χ0v) is 11.9. The van der Waals surface area contributed by atoms with E-state index in [1.54, 1.807) is 24.3 Å². The third-order valence-corrected chi connectivity index (χ3v) is 3.69. The van der Waals surface area contributed by atoms with Gasteiger partial charge in [-0.2, -0.15) is 0 Å². The lowest BCUT2D eigenvalue weighted by atomic mass is 10.2. The Bertz CT molecular complexity index is 408. The molecule has 1 aromatic carbocycles. The molecule has 0 aromatic heterocycles. The quantitative estimate of drug-likeness (QED) is 0.812. The van der Waals surface area contributed by atoms with Crippen LogP contribution >= 0.6 is 0 Å². The summed E-state index contributed by atoms with van der Waals surface area (Å²) in [7, 11) is 0. The summed E-state index contributed by atoms with van der Waals surface area (Å²) in [4.78, 5) is 13.2. The van der Waals surface area contributed by atoms with Crippen LogP contribution in [0.2, 0.25) is 0 Å². The molecule has 0 spiro atoms. The summed E-state index contributed by atoms with van der Waals surface area (Å²) < 4.78 is 5.64. The van der Waals surface area contributed by atoms with Crippen LogP contribution in [0.25, 0.3) is 0 Å². The summed E-state index contributed by atoms with van der Waals surface area (Å²) in [5, 5.41) is 8.81. The lowest BCUT2D eigenvalue weighted by molar-refractivity contribution is 0.0697. The van der Waals surface area contributed by atoms with Gasteiger partial charge in [0, 0.05) is 6.54 Å². The summed E-state index contributed by atoms with van der Waals surface area (Å²) in [5.74, 6) is -0.163. The zero-order valence-electron chi connectivity index (χ0n) is 11.9. The van der Waals surface area contributed by atoms with E-state index < -0.39 is 5.97 Å². The van der Waals surface area contributed by atoms with E-state index in [1.807, 2.05) is 0 Å². The van der Waals surface area contributed by atoms with Crippen LogP contribution in [0.1, 0.15) is 42.5 Å². The van der Waals surface area contributed by atoms with Crippen molar-refractivity contribution in [1.29, 1.82) is 0 Å². The number of rotatable bonds is 6. The Morgan fingerprint density at radius 1 is 1.10 bits per heavy atom. The van der Waals surface area contributed by atoms with Crippen molar-refractivity contribution in [3.63, 3.8) is 0 Å². The average Bonchev–Trinajstić information content (AvgIpc) is 2.73. The summed E-state index contributed by atoms with van der Waals surface area (Å²) in [6.07, 6.45) is 6.38. The van der Waals surface area contributed by atoms with Crippen LogP contribution in [0.4, 0.5) is 0 Å². The standard InChI is InChI=1S/C16H23NO3/c18-16(19)14-6-8-15(9-7-14)20-13-5-12-17-10-3-1-2-4-11-17/h6-9H,1-5,10-13H2,(H,18,19). The lowest BCUT2D eigenvalue weighted by Crippen LogP contribution is -2.26. The molecule has 0 unspecified atom stereocenters. The normalized spacial score (nSPS) is 16.6. The Balaban J connectivity index is 1.66. The lowest BCUT2D eigenvalue weighted by Gasteiger charge is -2.19. The predicted molar refractivity (Wildman–Crippen MR) is 78.4 cm³/mol. The first-order chi connectivity index (χ1) is 9.75. The number of aromatic carboxylic acids is 1. The largest absolute Gasteiger partial charge is 0.494 e. The van der Waals surface area contributed by atoms with Crippen molar-refractivity contribution in [1.82, 2.24) is 4.90 Å². The molecule has 0 amide bonds. The summed E-state index contributed by atoms with van der Waals surface area (Å²) in [6, 6.07) is 6.59. The average molecular weight is 277 g/mol. The predicted octanol–water partition coefficient (Wildman–Crippen LogP) is 3.03. The van der Waals surface area contributed by atoms with Crippen molar-refractivity contribution in [2.24, 2.45) is 0 Å². The van der Waals surface area contributed by atoms with Gasteiger partial charge in [0.2, 0.25) is 0 Å². The molecule has 4 heteroatoms. The first-order valence-electron chi connectivity index (χ1n) is 7.44. The Morgan fingerprint density at radius 3 is 2.35 bits per heavy atom. The number of hydrogen-bond acceptors (Lipinski definition) is 3. The van der Waals surface area contributed by atoms with Crippen molar-refractivity contribution in [3.8, 4) is 5.75 Å². The molecule has 1 fully saturated rings. The third-order valence-electron chi connectivity index (χ3n) is 3.69. The summed E-state index contributed by atoms with van der Waals surface area (Å²) >= 11 is 0. The second-order valence-corrected chi connectivity index (χ2v) is 5.29. The van der Waals surface area contributed by atoms with Gasteiger partial charge >= 0.3 is 5.97 Å². The van der Waals surface area contributed by atoms with Gasteiger partial charge in [-0.25, -0.2) is 4.79 Å². The molecule has 2 rings (SSSR count). The first-order valence-corrected chi connectivity index (χ1v) is 7.44. The van der Waals surface area contributed by atoms with Crippen LogP contribution in [0.3, 0.4) is 0 Å². The van der Waals surface area contributed by atoms with Crippen LogP contribution in [0.5, 0.6) is 5.75 Å². The van der Waals surface area contributed by atoms with E-state index in [0.717, 1.165) is 18.7 Å². The van der Waals surface area contributed by atoms with Crippen molar-refractivity contribution < 1.29 is 14.6 Å². The smallest absolute Gasteiger partial charge is 0.335 e. The molecule has 0 aliphatic carbocycles. The maximum atomic E-state index is 10.7. The maximum Gasteiger partial charge on any atom is 0.335 e. The number of carboxylic acids is 1. The minimum Gasteiger partial charge on any atom is -0.494 e. The highest BCUT2D eigenvalue weighted by Crippen LogP contribution is 2.13. The SMILES string of the molecule is O=C(O)c1ccc(OCCCN2CCCCCC2)cc1. The van der Waals surface area contributed by atoms with E-state index in [1.165, 1.54) is 38.8 Å². The van der Waals surface area contributed by atoms with Crippen molar-refractivity contribution >= 4 is 5.97 Å². The highest BCUT2D eigenvalue weighted by atomic mass is 16.5. The molecule has 0 radical (unpaired) electrons. The van der Waals surface area contributed by atoms with Crippen LogP contribution in [0, 0.1) is 0 Å². The summed E-state index contributed by atoms with van der Waals surface area (Å²) in [6.45, 7) is 4.21. The minimum atomic E-state index is -0.905. The number of nitrogens with zero attached hydrogens (tertiary/aromatic N) is 1. The van der Waals surface area contributed by atoms with Crippen LogP contribution < -0.4 is 4.74 Å². The fourth-order valence-corrected chi connectivity index (χ4v) is 2.53. The Morgan fingerprint density at radius 2 is 1.75 bits per heavy atom. The second-order valence-electron chi connectivity index (χ2n) is 5.29. The van der Waals surface area contributed by atoms with Crippen molar-refractivity contribution in [2.75, 3.05) is 26.2 Å². The Kier molecular flexibility index (Phi) is 5.87. The van der Waals surface area contributed by atoms with Gasteiger partial charge in [-0.05, 0) is 56.6 Å². The van der Waals surface area contributed by atoms with Gasteiger partial charge in [0.05, 0.1) is 12.2 Å². The van der Waals surface area contributed by atoms with E-state index in [0.29, 0.717) is 12.2 Å². The molecule has 110 valence electrons.